The molecule has 128 valence electrons. The van der Waals surface area contributed by atoms with Gasteiger partial charge in [-0.1, -0.05) is 6.07 Å². The van der Waals surface area contributed by atoms with Crippen LogP contribution in [0.4, 0.5) is 0 Å². The van der Waals surface area contributed by atoms with Gasteiger partial charge in [-0.15, -0.1) is 0 Å². The first kappa shape index (κ1) is 15.8. The Kier molecular flexibility index (Phi) is 4.01. The summed E-state index contributed by atoms with van der Waals surface area (Å²) in [6, 6.07) is 12.8. The number of aliphatic hydroxyl groups is 1. The van der Waals surface area contributed by atoms with E-state index in [1.807, 2.05) is 43.3 Å². The minimum atomic E-state index is -0.279. The smallest absolute Gasteiger partial charge is 0.251 e. The lowest BCUT2D eigenvalue weighted by atomic mass is 9.76. The van der Waals surface area contributed by atoms with Gasteiger partial charge in [0.15, 0.2) is 0 Å². The molecule has 0 saturated heterocycles. The Balaban J connectivity index is 1.58. The topological polar surface area (TPSA) is 75.4 Å². The monoisotopic (exact) mass is 336 g/mol. The summed E-state index contributed by atoms with van der Waals surface area (Å²) < 4.78 is 5.56. The maximum Gasteiger partial charge on any atom is 0.251 e. The molecule has 1 fully saturated rings. The Labute approximate surface area is 145 Å². The standard InChI is InChI=1S/C20H20N2O3/c1-12-8-14-9-13(5-6-18(14)25-12)20(24)22-19(15-10-16(23)11-15)17-4-2-3-7-21-17/h2-9,15-16,19,23H,10-11H2,1H3,(H,22,24)/t15?,16?,19-/m0/s1. The molecule has 0 unspecified atom stereocenters. The molecular weight excluding hydrogens is 316 g/mol. The normalized spacial score (nSPS) is 20.9. The maximum atomic E-state index is 12.8. The van der Waals surface area contributed by atoms with Crippen molar-refractivity contribution in [3.63, 3.8) is 0 Å². The third kappa shape index (κ3) is 3.15. The molecule has 1 amide bonds. The van der Waals surface area contributed by atoms with Gasteiger partial charge in [0.05, 0.1) is 17.8 Å². The summed E-state index contributed by atoms with van der Waals surface area (Å²) in [5.41, 5.74) is 2.19. The number of hydrogen-bond donors (Lipinski definition) is 2. The number of pyridine rings is 1. The molecular formula is C20H20N2O3. The fourth-order valence-electron chi connectivity index (χ4n) is 3.44. The number of rotatable bonds is 4. The summed E-state index contributed by atoms with van der Waals surface area (Å²) in [7, 11) is 0. The number of hydrogen-bond acceptors (Lipinski definition) is 4. The van der Waals surface area contributed by atoms with Gasteiger partial charge in [0, 0.05) is 17.1 Å². The van der Waals surface area contributed by atoms with Crippen molar-refractivity contribution in [1.29, 1.82) is 0 Å². The van der Waals surface area contributed by atoms with Gasteiger partial charge >= 0.3 is 0 Å². The van der Waals surface area contributed by atoms with Crippen molar-refractivity contribution in [1.82, 2.24) is 10.3 Å². The van der Waals surface area contributed by atoms with E-state index in [-0.39, 0.29) is 24.0 Å². The van der Waals surface area contributed by atoms with Crippen LogP contribution in [0.25, 0.3) is 11.0 Å². The van der Waals surface area contributed by atoms with Crippen molar-refractivity contribution < 1.29 is 14.3 Å². The van der Waals surface area contributed by atoms with Crippen molar-refractivity contribution in [2.75, 3.05) is 0 Å². The van der Waals surface area contributed by atoms with E-state index in [2.05, 4.69) is 10.3 Å². The number of aryl methyl sites for hydroxylation is 1. The first-order chi connectivity index (χ1) is 12.1. The minimum Gasteiger partial charge on any atom is -0.461 e. The Hall–Kier alpha value is -2.66. The van der Waals surface area contributed by atoms with Gasteiger partial charge in [-0.2, -0.15) is 0 Å². The van der Waals surface area contributed by atoms with E-state index in [1.165, 1.54) is 0 Å². The first-order valence-electron chi connectivity index (χ1n) is 8.50. The number of nitrogens with one attached hydrogen (secondary N) is 1. The van der Waals surface area contributed by atoms with Gasteiger partial charge in [0.1, 0.15) is 11.3 Å². The molecule has 1 atom stereocenters. The zero-order chi connectivity index (χ0) is 17.4. The molecule has 2 heterocycles. The summed E-state index contributed by atoms with van der Waals surface area (Å²) in [4.78, 5) is 17.2. The molecule has 2 aromatic heterocycles. The van der Waals surface area contributed by atoms with Crippen molar-refractivity contribution in [3.8, 4) is 0 Å². The van der Waals surface area contributed by atoms with E-state index in [0.29, 0.717) is 18.4 Å². The molecule has 25 heavy (non-hydrogen) atoms. The molecule has 4 rings (SSSR count). The van der Waals surface area contributed by atoms with E-state index in [0.717, 1.165) is 22.4 Å². The molecule has 1 aliphatic rings. The number of amides is 1. The third-order valence-corrected chi connectivity index (χ3v) is 4.82. The van der Waals surface area contributed by atoms with Crippen LogP contribution in [0.15, 0.2) is 53.1 Å². The highest BCUT2D eigenvalue weighted by atomic mass is 16.3. The highest BCUT2D eigenvalue weighted by Crippen LogP contribution is 2.37. The average molecular weight is 336 g/mol. The Bertz CT molecular complexity index is 898. The predicted molar refractivity (Wildman–Crippen MR) is 94.1 cm³/mol. The molecule has 3 aromatic rings. The Morgan fingerprint density at radius 3 is 2.84 bits per heavy atom. The van der Waals surface area contributed by atoms with E-state index in [1.54, 1.807) is 12.3 Å². The molecule has 1 aromatic carbocycles. The quantitative estimate of drug-likeness (QED) is 0.766. The van der Waals surface area contributed by atoms with Crippen molar-refractivity contribution in [3.05, 3.63) is 65.7 Å². The molecule has 0 bridgehead atoms. The van der Waals surface area contributed by atoms with Crippen LogP contribution in [0.3, 0.4) is 0 Å². The number of nitrogens with zero attached hydrogens (tertiary/aromatic N) is 1. The minimum absolute atomic E-state index is 0.141. The SMILES string of the molecule is Cc1cc2cc(C(=O)N[C@H](c3ccccn3)C3CC(O)C3)ccc2o1. The Morgan fingerprint density at radius 1 is 1.28 bits per heavy atom. The van der Waals surface area contributed by atoms with Crippen LogP contribution < -0.4 is 5.32 Å². The molecule has 5 heteroatoms. The number of aromatic nitrogens is 1. The van der Waals surface area contributed by atoms with Gasteiger partial charge in [-0.3, -0.25) is 9.78 Å². The van der Waals surface area contributed by atoms with Gasteiger partial charge in [-0.05, 0) is 62.1 Å². The van der Waals surface area contributed by atoms with Gasteiger partial charge < -0.3 is 14.8 Å². The first-order valence-corrected chi connectivity index (χ1v) is 8.50. The lowest BCUT2D eigenvalue weighted by Gasteiger charge is -2.37. The number of aliphatic hydroxyl groups excluding tert-OH is 1. The number of carbonyl (C=O) groups is 1. The van der Waals surface area contributed by atoms with Gasteiger partial charge in [-0.25, -0.2) is 0 Å². The maximum absolute atomic E-state index is 12.8. The average Bonchev–Trinajstić information content (AvgIpc) is 2.97. The van der Waals surface area contributed by atoms with Crippen molar-refractivity contribution >= 4 is 16.9 Å². The lowest BCUT2D eigenvalue weighted by molar-refractivity contribution is 0.0228. The van der Waals surface area contributed by atoms with Crippen molar-refractivity contribution in [2.45, 2.75) is 31.9 Å². The summed E-state index contributed by atoms with van der Waals surface area (Å²) in [5, 5.41) is 13.7. The zero-order valence-corrected chi connectivity index (χ0v) is 14.0. The van der Waals surface area contributed by atoms with Crippen LogP contribution in [-0.2, 0) is 0 Å². The summed E-state index contributed by atoms with van der Waals surface area (Å²) in [6.45, 7) is 1.89. The second-order valence-electron chi connectivity index (χ2n) is 6.70. The molecule has 5 nitrogen and oxygen atoms in total. The molecule has 0 spiro atoms. The lowest BCUT2D eigenvalue weighted by Crippen LogP contribution is -2.41. The fraction of sp³-hybridized carbons (Fsp3) is 0.300. The van der Waals surface area contributed by atoms with Crippen LogP contribution in [0, 0.1) is 12.8 Å². The zero-order valence-electron chi connectivity index (χ0n) is 14.0. The predicted octanol–water partition coefficient (Wildman–Crippen LogP) is 3.38. The number of benzene rings is 1. The van der Waals surface area contributed by atoms with E-state index >= 15 is 0 Å². The molecule has 0 aliphatic heterocycles. The highest BCUT2D eigenvalue weighted by Gasteiger charge is 2.36. The van der Waals surface area contributed by atoms with E-state index < -0.39 is 0 Å². The second kappa shape index (κ2) is 6.33. The van der Waals surface area contributed by atoms with Crippen LogP contribution in [0.5, 0.6) is 0 Å². The van der Waals surface area contributed by atoms with Crippen LogP contribution in [0.1, 0.15) is 40.7 Å². The Morgan fingerprint density at radius 2 is 2.12 bits per heavy atom. The molecule has 0 radical (unpaired) electrons. The molecule has 2 N–H and O–H groups in total. The largest absolute Gasteiger partial charge is 0.461 e. The van der Waals surface area contributed by atoms with Crippen LogP contribution in [0.2, 0.25) is 0 Å². The second-order valence-corrected chi connectivity index (χ2v) is 6.70. The van der Waals surface area contributed by atoms with E-state index in [9.17, 15) is 9.90 Å². The number of fused-ring (bicyclic) bond motifs is 1. The third-order valence-electron chi connectivity index (χ3n) is 4.82. The van der Waals surface area contributed by atoms with Gasteiger partial charge in [0.25, 0.3) is 5.91 Å². The summed E-state index contributed by atoms with van der Waals surface area (Å²) in [5.74, 6) is 0.883. The van der Waals surface area contributed by atoms with Crippen molar-refractivity contribution in [2.24, 2.45) is 5.92 Å². The number of furan rings is 1. The van der Waals surface area contributed by atoms with E-state index in [4.69, 9.17) is 4.42 Å². The molecule has 1 aliphatic carbocycles. The summed E-state index contributed by atoms with van der Waals surface area (Å²) in [6.07, 6.45) is 2.81. The van der Waals surface area contributed by atoms with Crippen LogP contribution in [-0.4, -0.2) is 22.1 Å². The highest BCUT2D eigenvalue weighted by molar-refractivity contribution is 5.98. The van der Waals surface area contributed by atoms with Crippen LogP contribution >= 0.6 is 0 Å². The summed E-state index contributed by atoms with van der Waals surface area (Å²) >= 11 is 0. The molecule has 1 saturated carbocycles. The fourth-order valence-corrected chi connectivity index (χ4v) is 3.44. The van der Waals surface area contributed by atoms with Gasteiger partial charge in [0.2, 0.25) is 0 Å². The number of carbonyl (C=O) groups excluding carboxylic acids is 1.